The molecule has 0 aliphatic carbocycles. The Hall–Kier alpha value is -1.05. The summed E-state index contributed by atoms with van der Waals surface area (Å²) >= 11 is 0. The third-order valence-corrected chi connectivity index (χ3v) is 4.56. The Morgan fingerprint density at radius 1 is 1.55 bits per heavy atom. The van der Waals surface area contributed by atoms with Crippen molar-refractivity contribution >= 4 is 25.6 Å². The van der Waals surface area contributed by atoms with E-state index in [9.17, 15) is 13.2 Å². The van der Waals surface area contributed by atoms with Crippen LogP contribution >= 0.6 is 10.7 Å². The number of nitrogens with one attached hydrogen (secondary N) is 1. The van der Waals surface area contributed by atoms with Crippen molar-refractivity contribution in [2.75, 3.05) is 13.2 Å². The molecule has 20 heavy (non-hydrogen) atoms. The van der Waals surface area contributed by atoms with E-state index in [1.54, 1.807) is 0 Å². The Balaban J connectivity index is 1.92. The fourth-order valence-corrected chi connectivity index (χ4v) is 3.22. The summed E-state index contributed by atoms with van der Waals surface area (Å²) in [5, 5.41) is 2.67. The van der Waals surface area contributed by atoms with E-state index in [1.165, 1.54) is 6.92 Å². The topological polar surface area (TPSA) is 85.6 Å². The monoisotopic (exact) mass is 321 g/mol. The number of hydrogen-bond donors (Lipinski definition) is 1. The second kappa shape index (κ2) is 6.15. The van der Waals surface area contributed by atoms with Crippen LogP contribution < -0.4 is 5.32 Å². The average Bonchev–Trinajstić information content (AvgIpc) is 2.97. The van der Waals surface area contributed by atoms with Gasteiger partial charge in [-0.2, -0.15) is 0 Å². The zero-order chi connectivity index (χ0) is 14.8. The highest BCUT2D eigenvalue weighted by atomic mass is 35.7. The van der Waals surface area contributed by atoms with Crippen molar-refractivity contribution in [2.24, 2.45) is 0 Å². The van der Waals surface area contributed by atoms with Gasteiger partial charge in [-0.1, -0.05) is 0 Å². The van der Waals surface area contributed by atoms with Crippen LogP contribution in [-0.2, 0) is 13.8 Å². The van der Waals surface area contributed by atoms with Gasteiger partial charge in [0.05, 0.1) is 6.10 Å². The lowest BCUT2D eigenvalue weighted by Gasteiger charge is -2.09. The van der Waals surface area contributed by atoms with E-state index in [0.717, 1.165) is 31.9 Å². The van der Waals surface area contributed by atoms with Crippen molar-refractivity contribution in [2.45, 2.75) is 37.2 Å². The van der Waals surface area contributed by atoms with E-state index >= 15 is 0 Å². The Bertz CT molecular complexity index is 589. The first kappa shape index (κ1) is 15.3. The van der Waals surface area contributed by atoms with Gasteiger partial charge in [-0.3, -0.25) is 4.79 Å². The van der Waals surface area contributed by atoms with Crippen molar-refractivity contribution in [3.8, 4) is 0 Å². The second-order valence-electron chi connectivity index (χ2n) is 4.65. The first-order valence-electron chi connectivity index (χ1n) is 6.33. The van der Waals surface area contributed by atoms with Crippen LogP contribution in [0.1, 0.15) is 35.6 Å². The van der Waals surface area contributed by atoms with Gasteiger partial charge in [-0.05, 0) is 26.2 Å². The Labute approximate surface area is 121 Å². The minimum atomic E-state index is -3.90. The number of carbonyl (C=O) groups is 1. The number of halogens is 1. The molecule has 0 radical (unpaired) electrons. The minimum Gasteiger partial charge on any atom is -0.455 e. The average molecular weight is 322 g/mol. The molecule has 0 bridgehead atoms. The molecular weight excluding hydrogens is 306 g/mol. The predicted molar refractivity (Wildman–Crippen MR) is 72.4 cm³/mol. The Morgan fingerprint density at radius 2 is 2.30 bits per heavy atom. The maximum atomic E-state index is 11.8. The van der Waals surface area contributed by atoms with Gasteiger partial charge in [0.25, 0.3) is 15.0 Å². The number of ether oxygens (including phenoxy) is 1. The van der Waals surface area contributed by atoms with E-state index < -0.39 is 15.0 Å². The molecule has 1 atom stereocenters. The van der Waals surface area contributed by atoms with Crippen molar-refractivity contribution in [1.29, 1.82) is 0 Å². The minimum absolute atomic E-state index is 0.0611. The Morgan fingerprint density at radius 3 is 2.85 bits per heavy atom. The van der Waals surface area contributed by atoms with Crippen LogP contribution in [0.5, 0.6) is 0 Å². The van der Waals surface area contributed by atoms with Gasteiger partial charge in [0.1, 0.15) is 10.7 Å². The molecule has 1 unspecified atom stereocenters. The van der Waals surface area contributed by atoms with Crippen LogP contribution in [0.15, 0.2) is 15.4 Å². The molecular formula is C12H16ClNO5S. The van der Waals surface area contributed by atoms with Gasteiger partial charge in [-0.25, -0.2) is 8.42 Å². The molecule has 8 heteroatoms. The summed E-state index contributed by atoms with van der Waals surface area (Å²) in [5.74, 6) is -0.420. The largest absolute Gasteiger partial charge is 0.455 e. The van der Waals surface area contributed by atoms with E-state index in [-0.39, 0.29) is 22.5 Å². The summed E-state index contributed by atoms with van der Waals surface area (Å²) in [6.45, 7) is 2.66. The van der Waals surface area contributed by atoms with E-state index in [0.29, 0.717) is 6.54 Å². The molecule has 112 valence electrons. The number of rotatable bonds is 5. The van der Waals surface area contributed by atoms with Crippen molar-refractivity contribution in [3.63, 3.8) is 0 Å². The smallest absolute Gasteiger partial charge is 0.287 e. The van der Waals surface area contributed by atoms with Crippen LogP contribution in [0.4, 0.5) is 0 Å². The maximum absolute atomic E-state index is 11.8. The third kappa shape index (κ3) is 3.74. The van der Waals surface area contributed by atoms with Gasteiger partial charge < -0.3 is 14.5 Å². The van der Waals surface area contributed by atoms with E-state index in [1.807, 2.05) is 0 Å². The van der Waals surface area contributed by atoms with Crippen LogP contribution in [0.25, 0.3) is 0 Å². The van der Waals surface area contributed by atoms with Crippen LogP contribution in [-0.4, -0.2) is 33.6 Å². The summed E-state index contributed by atoms with van der Waals surface area (Å²) in [7, 11) is 1.33. The lowest BCUT2D eigenvalue weighted by atomic mass is 10.2. The molecule has 0 spiro atoms. The summed E-state index contributed by atoms with van der Waals surface area (Å²) in [6, 6.07) is 1.14. The number of amides is 1. The van der Waals surface area contributed by atoms with Crippen LogP contribution in [0.2, 0.25) is 0 Å². The van der Waals surface area contributed by atoms with Crippen LogP contribution in [0, 0.1) is 6.92 Å². The number of carbonyl (C=O) groups excluding carboxylic acids is 1. The van der Waals surface area contributed by atoms with Crippen LogP contribution in [0.3, 0.4) is 0 Å². The highest BCUT2D eigenvalue weighted by molar-refractivity contribution is 8.13. The summed E-state index contributed by atoms with van der Waals surface area (Å²) in [6.07, 6.45) is 2.97. The molecule has 0 aromatic carbocycles. The first-order chi connectivity index (χ1) is 9.38. The molecule has 1 aliphatic heterocycles. The zero-order valence-corrected chi connectivity index (χ0v) is 12.6. The fourth-order valence-electron chi connectivity index (χ4n) is 2.13. The summed E-state index contributed by atoms with van der Waals surface area (Å²) in [4.78, 5) is 11.7. The molecule has 1 amide bonds. The number of furan rings is 1. The summed E-state index contributed by atoms with van der Waals surface area (Å²) < 4.78 is 33.0. The predicted octanol–water partition coefficient (Wildman–Crippen LogP) is 1.81. The first-order valence-corrected chi connectivity index (χ1v) is 8.64. The van der Waals surface area contributed by atoms with Crippen molar-refractivity contribution < 1.29 is 22.4 Å². The molecule has 2 rings (SSSR count). The lowest BCUT2D eigenvalue weighted by molar-refractivity contribution is 0.0883. The molecule has 1 N–H and O–H groups in total. The highest BCUT2D eigenvalue weighted by Gasteiger charge is 2.22. The third-order valence-electron chi connectivity index (χ3n) is 3.13. The number of aryl methyl sites for hydroxylation is 1. The molecule has 0 saturated carbocycles. The van der Waals surface area contributed by atoms with Gasteiger partial charge in [0, 0.05) is 29.9 Å². The Kier molecular flexibility index (Phi) is 4.72. The van der Waals surface area contributed by atoms with Gasteiger partial charge >= 0.3 is 0 Å². The molecule has 1 aliphatic rings. The molecule has 2 heterocycles. The van der Waals surface area contributed by atoms with Gasteiger partial charge in [0.15, 0.2) is 5.76 Å². The number of hydrogen-bond acceptors (Lipinski definition) is 5. The molecule has 1 saturated heterocycles. The lowest BCUT2D eigenvalue weighted by Crippen LogP contribution is -2.26. The molecule has 1 aromatic heterocycles. The van der Waals surface area contributed by atoms with E-state index in [4.69, 9.17) is 19.8 Å². The molecule has 1 aromatic rings. The standard InChI is InChI=1S/C12H16ClNO5S/c1-8-11(20(13,16)17)7-10(19-8)12(15)14-5-4-9-3-2-6-18-9/h7,9H,2-6H2,1H3,(H,14,15). The second-order valence-corrected chi connectivity index (χ2v) is 7.18. The van der Waals surface area contributed by atoms with Gasteiger partial charge in [-0.15, -0.1) is 0 Å². The van der Waals surface area contributed by atoms with Crippen molar-refractivity contribution in [1.82, 2.24) is 5.32 Å². The SMILES string of the molecule is Cc1oc(C(=O)NCCC2CCCO2)cc1S(=O)(=O)Cl. The van der Waals surface area contributed by atoms with Crippen molar-refractivity contribution in [3.05, 3.63) is 17.6 Å². The highest BCUT2D eigenvalue weighted by Crippen LogP contribution is 2.23. The van der Waals surface area contributed by atoms with Gasteiger partial charge in [0.2, 0.25) is 0 Å². The quantitative estimate of drug-likeness (QED) is 0.836. The normalized spacial score (nSPS) is 19.2. The zero-order valence-electron chi connectivity index (χ0n) is 11.0. The fraction of sp³-hybridized carbons (Fsp3) is 0.583. The summed E-state index contributed by atoms with van der Waals surface area (Å²) in [5.41, 5.74) is 0. The maximum Gasteiger partial charge on any atom is 0.287 e. The molecule has 6 nitrogen and oxygen atoms in total. The van der Waals surface area contributed by atoms with E-state index in [2.05, 4.69) is 5.32 Å². The molecule has 1 fully saturated rings.